The number of hydrogen-bond donors (Lipinski definition) is 3. The summed E-state index contributed by atoms with van der Waals surface area (Å²) in [6.07, 6.45) is 14.5. The summed E-state index contributed by atoms with van der Waals surface area (Å²) in [6.45, 7) is 4.38. The number of unbranched alkanes of at least 4 members (excludes halogenated alkanes) is 1. The first kappa shape index (κ1) is 47.5. The van der Waals surface area contributed by atoms with Crippen molar-refractivity contribution < 1.29 is 28.6 Å². The Balaban J connectivity index is 0.721. The Morgan fingerprint density at radius 3 is 2.50 bits per heavy atom. The number of likely N-dealkylation sites (tertiary alicyclic amines) is 1. The highest BCUT2D eigenvalue weighted by Gasteiger charge is 2.41. The van der Waals surface area contributed by atoms with Crippen LogP contribution in [0.15, 0.2) is 97.5 Å². The highest BCUT2D eigenvalue weighted by atomic mass is 16.5. The minimum atomic E-state index is -0.271. The molecule has 1 saturated heterocycles. The molecular weight excluding hydrogens is 889 g/mol. The van der Waals surface area contributed by atoms with Gasteiger partial charge in [-0.15, -0.1) is 0 Å². The van der Waals surface area contributed by atoms with Crippen LogP contribution in [0.25, 0.3) is 22.3 Å². The minimum Gasteiger partial charge on any atom is -0.495 e. The van der Waals surface area contributed by atoms with Crippen LogP contribution in [-0.2, 0) is 14.3 Å². The summed E-state index contributed by atoms with van der Waals surface area (Å²) >= 11 is 0. The lowest BCUT2D eigenvalue weighted by molar-refractivity contribution is -0.127. The second-order valence-electron chi connectivity index (χ2n) is 17.8. The number of hydrogen-bond acceptors (Lipinski definition) is 14. The number of piperidine rings is 1. The molecule has 0 bridgehead atoms. The first-order valence-electron chi connectivity index (χ1n) is 24.2. The van der Waals surface area contributed by atoms with Gasteiger partial charge in [0.25, 0.3) is 5.91 Å². The van der Waals surface area contributed by atoms with Crippen molar-refractivity contribution in [1.82, 2.24) is 39.9 Å². The van der Waals surface area contributed by atoms with Crippen molar-refractivity contribution in [2.24, 2.45) is 0 Å². The first-order chi connectivity index (χ1) is 34.2. The molecule has 1 aliphatic carbocycles. The Labute approximate surface area is 407 Å². The van der Waals surface area contributed by atoms with Gasteiger partial charge in [-0.2, -0.15) is 10.1 Å². The molecule has 3 amide bonds. The van der Waals surface area contributed by atoms with Crippen LogP contribution in [0.1, 0.15) is 81.1 Å². The van der Waals surface area contributed by atoms with Crippen molar-refractivity contribution >= 4 is 57.7 Å². The Bertz CT molecular complexity index is 2830. The molecule has 1 unspecified atom stereocenters. The van der Waals surface area contributed by atoms with E-state index >= 15 is 0 Å². The lowest BCUT2D eigenvalue weighted by Crippen LogP contribution is -2.55. The fourth-order valence-corrected chi connectivity index (χ4v) is 9.65. The van der Waals surface area contributed by atoms with Gasteiger partial charge in [-0.05, 0) is 99.5 Å². The molecule has 0 spiro atoms. The number of likely N-dealkylation sites (N-methyl/N-ethyl adjacent to an activating group) is 1. The predicted molar refractivity (Wildman–Crippen MR) is 269 cm³/mol. The third kappa shape index (κ3) is 10.4. The molecule has 5 heterocycles. The SMILES string of the molecule is CCC1C(=O)N(C)c2cnc(Nc3ccc(C(=O)NCCCCOC/C=C/C(=O)N4CCC[C@@H](n5nc(-c6ccc(Oc7ccccc7)cc6)c6c(N)ncnc65)C4)cc3OC)nc2N1C1CCCC1. The van der Waals surface area contributed by atoms with Gasteiger partial charge in [0.05, 0.1) is 37.0 Å². The van der Waals surface area contributed by atoms with E-state index in [0.29, 0.717) is 103 Å². The molecule has 0 radical (unpaired) electrons. The van der Waals surface area contributed by atoms with Crippen molar-refractivity contribution in [1.29, 1.82) is 0 Å². The predicted octanol–water partition coefficient (Wildman–Crippen LogP) is 7.86. The number of benzene rings is 3. The number of para-hydroxylation sites is 1. The summed E-state index contributed by atoms with van der Waals surface area (Å²) in [6, 6.07) is 22.4. The molecule has 6 aromatic rings. The highest BCUT2D eigenvalue weighted by molar-refractivity contribution is 6.04. The standard InChI is InChI=1S/C52H60N12O6/c1-4-41-51(67)61(2)42-31-55-52(59-48(42)63(41)36-14-8-9-15-36)58-40-25-22-35(30-43(40)68-3)50(66)54-26-10-11-28-69-29-13-19-44(65)62-27-12-16-37(32-62)64-49-45(47(53)56-33-57-49)46(60-64)34-20-23-39(24-21-34)70-38-17-6-5-7-18-38/h5-7,13,17-25,30-31,33,36-37,41H,4,8-12,14-16,26-29,32H2,1-3H3,(H,54,66)(H2,53,56,57)(H,55,58,59)/b19-13+/t37-,41?/m1/s1. The molecule has 4 N–H and O–H groups in total. The summed E-state index contributed by atoms with van der Waals surface area (Å²) in [5, 5.41) is 11.9. The van der Waals surface area contributed by atoms with Crippen LogP contribution in [0.5, 0.6) is 17.2 Å². The number of ether oxygens (including phenoxy) is 3. The second-order valence-corrected chi connectivity index (χ2v) is 17.8. The number of methoxy groups -OCH3 is 1. The molecule has 3 aromatic carbocycles. The molecule has 2 fully saturated rings. The zero-order valence-electron chi connectivity index (χ0n) is 39.9. The van der Waals surface area contributed by atoms with Crippen molar-refractivity contribution in [3.8, 4) is 28.5 Å². The van der Waals surface area contributed by atoms with E-state index in [1.165, 1.54) is 6.33 Å². The average Bonchev–Trinajstić information content (AvgIpc) is 4.07. The number of nitrogen functional groups attached to an aromatic ring is 1. The quantitative estimate of drug-likeness (QED) is 0.0554. The van der Waals surface area contributed by atoms with Gasteiger partial charge in [-0.3, -0.25) is 14.4 Å². The van der Waals surface area contributed by atoms with Crippen molar-refractivity contribution in [3.63, 3.8) is 0 Å². The number of carbonyl (C=O) groups excluding carboxylic acids is 3. The summed E-state index contributed by atoms with van der Waals surface area (Å²) in [5.74, 6) is 3.13. The van der Waals surface area contributed by atoms with E-state index in [0.717, 1.165) is 62.1 Å². The summed E-state index contributed by atoms with van der Waals surface area (Å²) < 4.78 is 19.4. The largest absolute Gasteiger partial charge is 0.495 e. The van der Waals surface area contributed by atoms with E-state index in [1.807, 2.05) is 71.1 Å². The topological polar surface area (TPSA) is 208 Å². The van der Waals surface area contributed by atoms with Crippen molar-refractivity contribution in [3.05, 3.63) is 103 Å². The van der Waals surface area contributed by atoms with Gasteiger partial charge in [-0.1, -0.05) is 44.0 Å². The number of nitrogens with one attached hydrogen (secondary N) is 2. The van der Waals surface area contributed by atoms with E-state index in [-0.39, 0.29) is 35.8 Å². The number of anilines is 5. The number of rotatable bonds is 18. The van der Waals surface area contributed by atoms with Crippen molar-refractivity contribution in [2.75, 3.05) is 67.9 Å². The average molecular weight is 949 g/mol. The van der Waals surface area contributed by atoms with E-state index in [4.69, 9.17) is 30.0 Å². The molecule has 2 atom stereocenters. The highest BCUT2D eigenvalue weighted by Crippen LogP contribution is 2.41. The zero-order chi connectivity index (χ0) is 48.6. The van der Waals surface area contributed by atoms with E-state index in [1.54, 1.807) is 55.6 Å². The monoisotopic (exact) mass is 948 g/mol. The first-order valence-corrected chi connectivity index (χ1v) is 24.2. The van der Waals surface area contributed by atoms with Crippen LogP contribution in [0, 0.1) is 0 Å². The van der Waals surface area contributed by atoms with Gasteiger partial charge in [0, 0.05) is 56.5 Å². The number of nitrogens with zero attached hydrogens (tertiary/aromatic N) is 9. The molecule has 9 rings (SSSR count). The normalized spacial score (nSPS) is 17.3. The molecule has 1 saturated carbocycles. The van der Waals surface area contributed by atoms with Crippen LogP contribution >= 0.6 is 0 Å². The van der Waals surface area contributed by atoms with Gasteiger partial charge >= 0.3 is 0 Å². The number of nitrogens with two attached hydrogens (primary N) is 1. The van der Waals surface area contributed by atoms with Gasteiger partial charge in [-0.25, -0.2) is 19.6 Å². The lowest BCUT2D eigenvalue weighted by Gasteiger charge is -2.43. The van der Waals surface area contributed by atoms with Gasteiger partial charge < -0.3 is 45.3 Å². The summed E-state index contributed by atoms with van der Waals surface area (Å²) in [4.78, 5) is 63.8. The third-order valence-corrected chi connectivity index (χ3v) is 13.3. The smallest absolute Gasteiger partial charge is 0.251 e. The van der Waals surface area contributed by atoms with Gasteiger partial charge in [0.1, 0.15) is 46.8 Å². The Morgan fingerprint density at radius 2 is 1.71 bits per heavy atom. The van der Waals surface area contributed by atoms with E-state index in [2.05, 4.69) is 30.5 Å². The maximum absolute atomic E-state index is 13.3. The van der Waals surface area contributed by atoms with E-state index < -0.39 is 0 Å². The Morgan fingerprint density at radius 1 is 0.929 bits per heavy atom. The summed E-state index contributed by atoms with van der Waals surface area (Å²) in [7, 11) is 3.33. The van der Waals surface area contributed by atoms with Crippen LogP contribution in [0.4, 0.5) is 29.0 Å². The van der Waals surface area contributed by atoms with Crippen LogP contribution in [0.2, 0.25) is 0 Å². The molecule has 18 nitrogen and oxygen atoms in total. The number of carbonyl (C=O) groups is 3. The fourth-order valence-electron chi connectivity index (χ4n) is 9.65. The maximum Gasteiger partial charge on any atom is 0.251 e. The molecule has 2 aliphatic heterocycles. The summed E-state index contributed by atoms with van der Waals surface area (Å²) in [5.41, 5.74) is 10.3. The lowest BCUT2D eigenvalue weighted by atomic mass is 10.0. The van der Waals surface area contributed by atoms with Crippen molar-refractivity contribution in [2.45, 2.75) is 82.8 Å². The third-order valence-electron chi connectivity index (χ3n) is 13.3. The Kier molecular flexibility index (Phi) is 14.8. The minimum absolute atomic E-state index is 0.0615. The van der Waals surface area contributed by atoms with Crippen LogP contribution in [0.3, 0.4) is 0 Å². The molecular formula is C52H60N12O6. The zero-order valence-corrected chi connectivity index (χ0v) is 39.9. The van der Waals surface area contributed by atoms with Gasteiger partial charge in [0.2, 0.25) is 17.8 Å². The van der Waals surface area contributed by atoms with E-state index in [9.17, 15) is 14.4 Å². The molecule has 364 valence electrons. The van der Waals surface area contributed by atoms with Crippen LogP contribution in [-0.4, -0.2) is 111 Å². The fraction of sp³-hybridized carbons (Fsp3) is 0.385. The molecule has 3 aromatic heterocycles. The van der Waals surface area contributed by atoms with Crippen LogP contribution < -0.4 is 35.6 Å². The second kappa shape index (κ2) is 21.8. The molecule has 3 aliphatic rings. The molecule has 70 heavy (non-hydrogen) atoms. The number of fused-ring (bicyclic) bond motifs is 2. The van der Waals surface area contributed by atoms with Gasteiger partial charge in [0.15, 0.2) is 11.5 Å². The number of aromatic nitrogens is 6. The Hall–Kier alpha value is -7.60. The maximum atomic E-state index is 13.3. The number of amides is 3. The molecule has 18 heteroatoms.